The maximum atomic E-state index is 14.6. The van der Waals surface area contributed by atoms with E-state index in [0.717, 1.165) is 24.0 Å². The molecule has 34 atom stereocenters. The Kier molecular flexibility index (Phi) is 13.6. The van der Waals surface area contributed by atoms with Gasteiger partial charge in [-0.3, -0.25) is 4.79 Å². The summed E-state index contributed by atoms with van der Waals surface area (Å²) in [4.78, 5) is 14.6. The molecule has 2 unspecified atom stereocenters. The predicted molar refractivity (Wildman–Crippen MR) is 279 cm³/mol. The first-order valence-corrected chi connectivity index (χ1v) is 31.6. The van der Waals surface area contributed by atoms with Gasteiger partial charge in [0.25, 0.3) is 0 Å². The van der Waals surface area contributed by atoms with Crippen molar-refractivity contribution in [1.29, 1.82) is 0 Å². The summed E-state index contributed by atoms with van der Waals surface area (Å²) in [5, 5.41) is 43.8. The second-order valence-electron chi connectivity index (χ2n) is 28.4. The molecule has 3 spiro atoms. The number of aliphatic hydroxyl groups is 4. The van der Waals surface area contributed by atoms with E-state index in [0.29, 0.717) is 83.5 Å². The van der Waals surface area contributed by atoms with Gasteiger partial charge in [-0.25, -0.2) is 0 Å². The highest BCUT2D eigenvalue weighted by Gasteiger charge is 2.79. The molecule has 17 heterocycles. The van der Waals surface area contributed by atoms with Gasteiger partial charge in [-0.05, 0) is 73.8 Å². The van der Waals surface area contributed by atoms with E-state index >= 15 is 0 Å². The number of rotatable bonds is 2. The molecular weight excluding hydrogens is 1070 g/mol. The van der Waals surface area contributed by atoms with E-state index in [1.54, 1.807) is 0 Å². The molecule has 21 heteroatoms. The Balaban J connectivity index is 0.633. The number of fused-ring (bicyclic) bond motifs is 11. The zero-order valence-electron chi connectivity index (χ0n) is 47.7. The Morgan fingerprint density at radius 2 is 1.22 bits per heavy atom. The van der Waals surface area contributed by atoms with Crippen LogP contribution in [-0.2, 0) is 80.6 Å². The van der Waals surface area contributed by atoms with Gasteiger partial charge in [0.15, 0.2) is 17.7 Å². The van der Waals surface area contributed by atoms with Gasteiger partial charge < -0.3 is 96.2 Å². The SMILES string of the molecule is C=C1C[C@@H]2CC[C@]34OC5[C@@H]6O[C@H]7CC[C@H](CC(=O)O[C@@H]8[C@@H](C)[C@@H]9O[C@@H]%10C[C@]%11(C[C@@H]%12O[C@]%13(C[C@H](C)[C@@H]%14O[C@@H]%15C[C@@H]([C@@H](O)CO)O[C@@H]%15C[C@@H]%14O%13)C[C@H](C)[C@@H]%12O%11)O[C@@H]%10C[C@@H]9O[C@H]8C[C@H]8O[C@@H](CC[C@@H]1O2)C[C@@H](C)C8=C)O[C@@H]7[C@H](O3)[C@@H]6O[C@]5(O)C4O. The Morgan fingerprint density at radius 1 is 0.537 bits per heavy atom. The molecule has 17 aliphatic rings. The summed E-state index contributed by atoms with van der Waals surface area (Å²) in [6.07, 6.45) is -3.21. The first kappa shape index (κ1) is 55.5. The van der Waals surface area contributed by atoms with Crippen LogP contribution in [0.15, 0.2) is 24.3 Å². The van der Waals surface area contributed by atoms with Gasteiger partial charge in [0, 0.05) is 63.7 Å². The lowest BCUT2D eigenvalue weighted by Crippen LogP contribution is -2.63. The number of carbonyl (C=O) groups is 1. The normalized spacial score (nSPS) is 59.6. The van der Waals surface area contributed by atoms with E-state index in [-0.39, 0.29) is 122 Å². The van der Waals surface area contributed by atoms with Crippen LogP contribution in [0.4, 0.5) is 0 Å². The fourth-order valence-corrected chi connectivity index (χ4v) is 18.9. The first-order valence-electron chi connectivity index (χ1n) is 31.6. The van der Waals surface area contributed by atoms with Crippen LogP contribution in [0, 0.1) is 23.7 Å². The Bertz CT molecular complexity index is 2500. The second-order valence-corrected chi connectivity index (χ2v) is 28.4. The van der Waals surface area contributed by atoms with Crippen molar-refractivity contribution in [2.24, 2.45) is 23.7 Å². The molecule has 12 bridgehead atoms. The number of aliphatic hydroxyl groups excluding tert-OH is 3. The highest BCUT2D eigenvalue weighted by molar-refractivity contribution is 5.70. The Hall–Kier alpha value is -1.81. The smallest absolute Gasteiger partial charge is 0.308 e. The van der Waals surface area contributed by atoms with E-state index in [9.17, 15) is 25.2 Å². The highest BCUT2D eigenvalue weighted by Crippen LogP contribution is 2.60. The summed E-state index contributed by atoms with van der Waals surface area (Å²) in [5.74, 6) is -5.68. The number of esters is 1. The summed E-state index contributed by atoms with van der Waals surface area (Å²) < 4.78 is 109. The van der Waals surface area contributed by atoms with Crippen LogP contribution >= 0.6 is 0 Å². The van der Waals surface area contributed by atoms with Gasteiger partial charge in [0.05, 0.1) is 123 Å². The molecule has 0 radical (unpaired) electrons. The molecule has 0 aliphatic carbocycles. The summed E-state index contributed by atoms with van der Waals surface area (Å²) in [6.45, 7) is 17.4. The maximum absolute atomic E-state index is 14.6. The zero-order valence-corrected chi connectivity index (χ0v) is 47.7. The van der Waals surface area contributed by atoms with E-state index in [1.807, 2.05) is 0 Å². The van der Waals surface area contributed by atoms with Gasteiger partial charge in [0.1, 0.15) is 42.7 Å². The third-order valence-electron chi connectivity index (χ3n) is 22.9. The molecule has 0 aromatic carbocycles. The predicted octanol–water partition coefficient (Wildman–Crippen LogP) is 3.62. The standard InChI is InChI=1S/C61H86O21/c1-25-13-31-7-9-35-26(2)14-33(67-35)11-12-60-57(65)61(66)56(82-60)55-54(81-61)53(80-60)52-36(72-55)10-8-32(69-52)15-47(64)75-51-30(6)50-43(71-42(51)16-37(68-31)29(25)5)19-41-45(74-50)22-59(76-41)23-46-49(79-59)28(4)21-58(78-46)20-27(3)48-44(77-58)18-39-40(73-48)17-38(70-39)34(63)24-62/h25,27-28,30-46,48-57,62-63,65-66H,2,5,7-24H2,1,3-4,6H3/t25-,27+,28+,30+,31+,32-,33+,34+,35+,36+,37-,38+,39-,40-,41-,42+,43+,44+,45-,46+,48+,49+,50+,51-,52+,53+,54+,55-,56?,57?,58-,59+,60-,61+/m1/s1. The van der Waals surface area contributed by atoms with E-state index in [1.165, 1.54) is 0 Å². The molecule has 82 heavy (non-hydrogen) atoms. The summed E-state index contributed by atoms with van der Waals surface area (Å²) in [6, 6.07) is 0. The van der Waals surface area contributed by atoms with Crippen molar-refractivity contribution >= 4 is 5.97 Å². The van der Waals surface area contributed by atoms with E-state index in [4.69, 9.17) is 75.8 Å². The molecule has 456 valence electrons. The van der Waals surface area contributed by atoms with Crippen molar-refractivity contribution in [3.63, 3.8) is 0 Å². The number of hydrogen-bond acceptors (Lipinski definition) is 21. The van der Waals surface area contributed by atoms with Crippen LogP contribution < -0.4 is 0 Å². The minimum atomic E-state index is -2.03. The van der Waals surface area contributed by atoms with E-state index < -0.39 is 108 Å². The third kappa shape index (κ3) is 8.87. The van der Waals surface area contributed by atoms with Crippen molar-refractivity contribution in [3.05, 3.63) is 24.3 Å². The molecule has 4 N–H and O–H groups in total. The monoisotopic (exact) mass is 1150 g/mol. The molecule has 21 nitrogen and oxygen atoms in total. The van der Waals surface area contributed by atoms with Crippen molar-refractivity contribution < 1.29 is 101 Å². The summed E-state index contributed by atoms with van der Waals surface area (Å²) in [7, 11) is 0. The maximum Gasteiger partial charge on any atom is 0.308 e. The highest BCUT2D eigenvalue weighted by atomic mass is 16.8. The van der Waals surface area contributed by atoms with Crippen LogP contribution in [0.3, 0.4) is 0 Å². The average molecular weight is 1160 g/mol. The second kappa shape index (κ2) is 20.1. The van der Waals surface area contributed by atoms with Crippen molar-refractivity contribution in [1.82, 2.24) is 0 Å². The van der Waals surface area contributed by atoms with Crippen LogP contribution in [0.25, 0.3) is 0 Å². The Labute approximate surface area is 478 Å². The van der Waals surface area contributed by atoms with Crippen LogP contribution in [0.5, 0.6) is 0 Å². The Morgan fingerprint density at radius 3 is 2.06 bits per heavy atom. The third-order valence-corrected chi connectivity index (χ3v) is 22.9. The molecule has 17 fully saturated rings. The topological polar surface area (TPSA) is 246 Å². The van der Waals surface area contributed by atoms with E-state index in [2.05, 4.69) is 40.9 Å². The van der Waals surface area contributed by atoms with Crippen LogP contribution in [-0.4, -0.2) is 215 Å². The van der Waals surface area contributed by atoms with Crippen molar-refractivity contribution in [2.75, 3.05) is 6.61 Å². The van der Waals surface area contributed by atoms with Gasteiger partial charge in [-0.2, -0.15) is 0 Å². The molecule has 17 aliphatic heterocycles. The summed E-state index contributed by atoms with van der Waals surface area (Å²) in [5.41, 5.74) is 2.01. The number of ether oxygens (including phenoxy) is 16. The lowest BCUT2D eigenvalue weighted by atomic mass is 9.78. The van der Waals surface area contributed by atoms with Crippen LogP contribution in [0.1, 0.15) is 137 Å². The lowest BCUT2D eigenvalue weighted by Gasteiger charge is -2.54. The lowest BCUT2D eigenvalue weighted by molar-refractivity contribution is -0.369. The fraction of sp³-hybridized carbons (Fsp3) is 0.918. The number of carbonyl (C=O) groups excluding carboxylic acids is 1. The quantitative estimate of drug-likeness (QED) is 0.228. The zero-order chi connectivity index (χ0) is 56.1. The fourth-order valence-electron chi connectivity index (χ4n) is 18.9. The minimum absolute atomic E-state index is 0.0316. The first-order chi connectivity index (χ1) is 39.3. The van der Waals surface area contributed by atoms with Gasteiger partial charge >= 0.3 is 5.97 Å². The molecule has 17 rings (SSSR count). The van der Waals surface area contributed by atoms with Crippen LogP contribution in [0.2, 0.25) is 0 Å². The minimum Gasteiger partial charge on any atom is -0.459 e. The van der Waals surface area contributed by atoms with Crippen molar-refractivity contribution in [3.8, 4) is 0 Å². The van der Waals surface area contributed by atoms with Gasteiger partial charge in [0.2, 0.25) is 11.6 Å². The summed E-state index contributed by atoms with van der Waals surface area (Å²) >= 11 is 0. The molecular formula is C61H86O21. The molecule has 0 aromatic rings. The largest absolute Gasteiger partial charge is 0.459 e. The van der Waals surface area contributed by atoms with Gasteiger partial charge in [-0.1, -0.05) is 40.9 Å². The molecule has 0 saturated carbocycles. The molecule has 17 saturated heterocycles. The average Bonchev–Trinajstić information content (AvgIpc) is 2.05. The number of hydrogen-bond donors (Lipinski definition) is 4. The van der Waals surface area contributed by atoms with Gasteiger partial charge in [-0.15, -0.1) is 0 Å². The molecule has 0 aromatic heterocycles. The molecule has 0 amide bonds. The van der Waals surface area contributed by atoms with Crippen molar-refractivity contribution in [2.45, 2.75) is 319 Å².